The van der Waals surface area contributed by atoms with E-state index in [0.717, 1.165) is 61.9 Å². The standard InChI is InChI=1S/C29H28ClN9O/c1-17-22(16-33-26(35-17)18-4-5-18)21-13-19-15-34-29(37-27(19)39(28(21)40)25-3-2-8-32-25)36-20-6-7-24(23(30)14-20)38-11-9-31-10-12-38/h2,6-8,13-16,18,31H,3-5,9-12H2,1H3,(H,34,36,37). The Morgan fingerprint density at radius 3 is 2.62 bits per heavy atom. The van der Waals surface area contributed by atoms with Gasteiger partial charge in [0.25, 0.3) is 5.56 Å². The molecule has 3 aliphatic rings. The fourth-order valence-electron chi connectivity index (χ4n) is 5.25. The van der Waals surface area contributed by atoms with Gasteiger partial charge in [-0.1, -0.05) is 17.7 Å². The minimum absolute atomic E-state index is 0.214. The maximum atomic E-state index is 13.9. The lowest BCUT2D eigenvalue weighted by atomic mass is 10.1. The lowest BCUT2D eigenvalue weighted by Crippen LogP contribution is -2.43. The Labute approximate surface area is 235 Å². The number of aryl methyl sites for hydroxylation is 1. The molecule has 1 saturated carbocycles. The van der Waals surface area contributed by atoms with E-state index in [2.05, 4.69) is 30.5 Å². The summed E-state index contributed by atoms with van der Waals surface area (Å²) in [6.07, 6.45) is 9.89. The van der Waals surface area contributed by atoms with Crippen LogP contribution in [-0.4, -0.2) is 56.5 Å². The van der Waals surface area contributed by atoms with Crippen molar-refractivity contribution in [2.75, 3.05) is 36.4 Å². The Morgan fingerprint density at radius 2 is 1.90 bits per heavy atom. The van der Waals surface area contributed by atoms with Crippen LogP contribution in [-0.2, 0) is 0 Å². The van der Waals surface area contributed by atoms with Crippen molar-refractivity contribution in [3.05, 3.63) is 75.8 Å². The molecule has 4 aromatic rings. The molecule has 10 nitrogen and oxygen atoms in total. The molecule has 202 valence electrons. The minimum Gasteiger partial charge on any atom is -0.368 e. The molecular weight excluding hydrogens is 526 g/mol. The highest BCUT2D eigenvalue weighted by Crippen LogP contribution is 2.38. The van der Waals surface area contributed by atoms with E-state index in [1.165, 1.54) is 0 Å². The molecule has 0 bridgehead atoms. The average molecular weight is 554 g/mol. The zero-order chi connectivity index (χ0) is 27.2. The third kappa shape index (κ3) is 4.63. The molecule has 3 aromatic heterocycles. The van der Waals surface area contributed by atoms with Gasteiger partial charge in [0.2, 0.25) is 5.95 Å². The molecule has 40 heavy (non-hydrogen) atoms. The SMILES string of the molecule is Cc1nc(C2CC2)ncc1-c1cc2cnc(Nc3ccc(N4CCNCC4)c(Cl)c3)nc2n(C2=NC=CC2)c1=O. The third-order valence-electron chi connectivity index (χ3n) is 7.52. The number of rotatable bonds is 5. The number of anilines is 3. The first kappa shape index (κ1) is 24.9. The van der Waals surface area contributed by atoms with E-state index >= 15 is 0 Å². The number of nitrogens with zero attached hydrogens (tertiary/aromatic N) is 7. The second-order valence-corrected chi connectivity index (χ2v) is 10.7. The Balaban J connectivity index is 1.27. The van der Waals surface area contributed by atoms with E-state index in [1.54, 1.807) is 23.2 Å². The van der Waals surface area contributed by atoms with Gasteiger partial charge in [0.1, 0.15) is 11.7 Å². The second-order valence-electron chi connectivity index (χ2n) is 10.3. The number of allylic oxidation sites excluding steroid dienone is 1. The van der Waals surface area contributed by atoms with Crippen molar-refractivity contribution in [1.29, 1.82) is 0 Å². The number of aliphatic imine (C=N–C) groups is 1. The van der Waals surface area contributed by atoms with Gasteiger partial charge < -0.3 is 15.5 Å². The predicted octanol–water partition coefficient (Wildman–Crippen LogP) is 4.40. The van der Waals surface area contributed by atoms with Crippen molar-refractivity contribution in [2.24, 2.45) is 4.99 Å². The van der Waals surface area contributed by atoms with E-state index in [-0.39, 0.29) is 5.56 Å². The normalized spacial score (nSPS) is 16.9. The first-order valence-electron chi connectivity index (χ1n) is 13.6. The summed E-state index contributed by atoms with van der Waals surface area (Å²) in [5, 5.41) is 7.99. The number of fused-ring (bicyclic) bond motifs is 1. The summed E-state index contributed by atoms with van der Waals surface area (Å²) >= 11 is 6.65. The Morgan fingerprint density at radius 1 is 1.05 bits per heavy atom. The van der Waals surface area contributed by atoms with Crippen molar-refractivity contribution >= 4 is 45.8 Å². The third-order valence-corrected chi connectivity index (χ3v) is 7.82. The Hall–Kier alpha value is -4.15. The number of hydrogen-bond donors (Lipinski definition) is 2. The van der Waals surface area contributed by atoms with Crippen molar-refractivity contribution in [3.63, 3.8) is 0 Å². The number of hydrogen-bond acceptors (Lipinski definition) is 9. The monoisotopic (exact) mass is 553 g/mol. The van der Waals surface area contributed by atoms with Crippen LogP contribution in [0, 0.1) is 6.92 Å². The summed E-state index contributed by atoms with van der Waals surface area (Å²) in [6, 6.07) is 7.67. The first-order chi connectivity index (χ1) is 19.5. The lowest BCUT2D eigenvalue weighted by Gasteiger charge is -2.30. The van der Waals surface area contributed by atoms with Gasteiger partial charge in [-0.3, -0.25) is 4.79 Å². The summed E-state index contributed by atoms with van der Waals surface area (Å²) in [5.41, 5.74) is 4.02. The lowest BCUT2D eigenvalue weighted by molar-refractivity contribution is 0.589. The highest BCUT2D eigenvalue weighted by atomic mass is 35.5. The highest BCUT2D eigenvalue weighted by Gasteiger charge is 2.27. The first-order valence-corrected chi connectivity index (χ1v) is 13.9. The smallest absolute Gasteiger partial charge is 0.265 e. The van der Waals surface area contributed by atoms with Gasteiger partial charge in [-0.25, -0.2) is 24.5 Å². The van der Waals surface area contributed by atoms with E-state index in [4.69, 9.17) is 21.6 Å². The molecule has 2 aliphatic heterocycles. The van der Waals surface area contributed by atoms with Crippen LogP contribution in [0.5, 0.6) is 0 Å². The summed E-state index contributed by atoms with van der Waals surface area (Å²) < 4.78 is 1.58. The van der Waals surface area contributed by atoms with Crippen molar-refractivity contribution in [2.45, 2.75) is 32.1 Å². The van der Waals surface area contributed by atoms with Gasteiger partial charge in [0.05, 0.1) is 16.3 Å². The Bertz CT molecular complexity index is 1750. The highest BCUT2D eigenvalue weighted by molar-refractivity contribution is 6.33. The van der Waals surface area contributed by atoms with Crippen LogP contribution in [0.2, 0.25) is 5.02 Å². The summed E-state index contributed by atoms with van der Waals surface area (Å²) in [7, 11) is 0. The van der Waals surface area contributed by atoms with Gasteiger partial charge in [0.15, 0.2) is 5.65 Å². The predicted molar refractivity (Wildman–Crippen MR) is 158 cm³/mol. The minimum atomic E-state index is -0.214. The maximum Gasteiger partial charge on any atom is 0.265 e. The van der Waals surface area contributed by atoms with E-state index in [9.17, 15) is 4.79 Å². The van der Waals surface area contributed by atoms with Crippen molar-refractivity contribution in [3.8, 4) is 11.1 Å². The van der Waals surface area contributed by atoms with E-state index in [1.807, 2.05) is 37.3 Å². The molecule has 0 atom stereocenters. The quantitative estimate of drug-likeness (QED) is 0.374. The van der Waals surface area contributed by atoms with Crippen molar-refractivity contribution in [1.82, 2.24) is 29.8 Å². The van der Waals surface area contributed by atoms with Gasteiger partial charge in [-0.15, -0.1) is 0 Å². The van der Waals surface area contributed by atoms with E-state index in [0.29, 0.717) is 51.3 Å². The topological polar surface area (TPSA) is 113 Å². The van der Waals surface area contributed by atoms with Gasteiger partial charge in [-0.05, 0) is 44.0 Å². The molecule has 0 amide bonds. The van der Waals surface area contributed by atoms with Crippen LogP contribution < -0.4 is 21.1 Å². The van der Waals surface area contributed by atoms with E-state index < -0.39 is 0 Å². The molecule has 11 heteroatoms. The number of halogens is 1. The molecule has 7 rings (SSSR count). The van der Waals surface area contributed by atoms with Crippen LogP contribution in [0.25, 0.3) is 22.2 Å². The molecule has 5 heterocycles. The largest absolute Gasteiger partial charge is 0.368 e. The summed E-state index contributed by atoms with van der Waals surface area (Å²) in [4.78, 5) is 39.3. The van der Waals surface area contributed by atoms with Gasteiger partial charge in [0, 0.05) is 79.4 Å². The van der Waals surface area contributed by atoms with Crippen LogP contribution in [0.3, 0.4) is 0 Å². The second kappa shape index (κ2) is 10.1. The molecule has 2 fully saturated rings. The molecule has 0 radical (unpaired) electrons. The van der Waals surface area contributed by atoms with Gasteiger partial charge >= 0.3 is 0 Å². The molecule has 0 unspecified atom stereocenters. The van der Waals surface area contributed by atoms with Gasteiger partial charge in [-0.2, -0.15) is 4.98 Å². The van der Waals surface area contributed by atoms with Crippen LogP contribution >= 0.6 is 11.6 Å². The zero-order valence-corrected chi connectivity index (χ0v) is 22.8. The fraction of sp³-hybridized carbons (Fsp3) is 0.310. The number of pyridine rings is 1. The molecule has 1 aromatic carbocycles. The van der Waals surface area contributed by atoms with Crippen LogP contribution in [0.1, 0.15) is 36.7 Å². The number of nitrogens with one attached hydrogen (secondary N) is 2. The van der Waals surface area contributed by atoms with Crippen LogP contribution in [0.15, 0.2) is 58.7 Å². The number of aromatic nitrogens is 5. The molecule has 1 aliphatic carbocycles. The summed E-state index contributed by atoms with van der Waals surface area (Å²) in [6.45, 7) is 5.62. The number of piperazine rings is 1. The Kier molecular flexibility index (Phi) is 6.28. The van der Waals surface area contributed by atoms with Crippen LogP contribution in [0.4, 0.5) is 17.3 Å². The maximum absolute atomic E-state index is 13.9. The molecule has 2 N–H and O–H groups in total. The fourth-order valence-corrected chi connectivity index (χ4v) is 5.55. The molecule has 0 spiro atoms. The molecular formula is C29H28ClN9O. The summed E-state index contributed by atoms with van der Waals surface area (Å²) in [5.74, 6) is 2.26. The van der Waals surface area contributed by atoms with Crippen molar-refractivity contribution < 1.29 is 0 Å². The average Bonchev–Trinajstić information content (AvgIpc) is 3.68. The number of benzene rings is 1. The molecule has 1 saturated heterocycles. The zero-order valence-electron chi connectivity index (χ0n) is 22.1.